The fourth-order valence-electron chi connectivity index (χ4n) is 4.82. The van der Waals surface area contributed by atoms with Gasteiger partial charge in [0, 0.05) is 30.3 Å². The van der Waals surface area contributed by atoms with E-state index in [1.54, 1.807) is 18.3 Å². The highest BCUT2D eigenvalue weighted by Crippen LogP contribution is 2.54. The number of ether oxygens (including phenoxy) is 1. The number of carbonyl (C=O) groups excluding carboxylic acids is 1. The monoisotopic (exact) mass is 357 g/mol. The molecular weight excluding hydrogens is 334 g/mol. The molecule has 2 atom stereocenters. The molecule has 2 aliphatic carbocycles. The number of non-ortho nitro benzene ring substituents is 1. The van der Waals surface area contributed by atoms with Crippen LogP contribution in [0.1, 0.15) is 49.4 Å². The Labute approximate surface area is 151 Å². The molecule has 1 aromatic heterocycles. The number of nitro benzene ring substituents is 1. The first kappa shape index (κ1) is 17.0. The Morgan fingerprint density at radius 2 is 2.19 bits per heavy atom. The number of hydrogen-bond acceptors (Lipinski definition) is 4. The van der Waals surface area contributed by atoms with Gasteiger partial charge in [0.1, 0.15) is 0 Å². The van der Waals surface area contributed by atoms with Gasteiger partial charge in [0.25, 0.3) is 11.6 Å². The van der Waals surface area contributed by atoms with E-state index in [0.717, 1.165) is 32.1 Å². The minimum atomic E-state index is -0.445. The number of nitrogens with one attached hydrogen (secondary N) is 2. The Morgan fingerprint density at radius 3 is 2.88 bits per heavy atom. The Bertz CT molecular complexity index is 854. The summed E-state index contributed by atoms with van der Waals surface area (Å²) in [5.74, 6) is -0.253. The van der Waals surface area contributed by atoms with Gasteiger partial charge in [0.05, 0.1) is 27.5 Å². The van der Waals surface area contributed by atoms with E-state index in [2.05, 4.69) is 10.3 Å². The Hall–Kier alpha value is -2.41. The van der Waals surface area contributed by atoms with Crippen molar-refractivity contribution in [2.45, 2.75) is 51.2 Å². The van der Waals surface area contributed by atoms with Crippen LogP contribution in [-0.4, -0.2) is 34.6 Å². The highest BCUT2D eigenvalue weighted by Gasteiger charge is 2.57. The van der Waals surface area contributed by atoms with E-state index < -0.39 is 4.92 Å². The van der Waals surface area contributed by atoms with Crippen molar-refractivity contribution in [1.82, 2.24) is 10.3 Å². The summed E-state index contributed by atoms with van der Waals surface area (Å²) in [6, 6.07) is 4.86. The summed E-state index contributed by atoms with van der Waals surface area (Å²) >= 11 is 0. The second-order valence-corrected chi connectivity index (χ2v) is 7.31. The molecular formula is C19H23N3O4. The summed E-state index contributed by atoms with van der Waals surface area (Å²) in [5.41, 5.74) is 0.912. The average Bonchev–Trinajstić information content (AvgIpc) is 3.29. The molecule has 2 aliphatic rings. The summed E-state index contributed by atoms with van der Waals surface area (Å²) < 4.78 is 5.89. The lowest BCUT2D eigenvalue weighted by atomic mass is 9.60. The predicted octanol–water partition coefficient (Wildman–Crippen LogP) is 3.54. The standard InChI is InChI=1S/C19H23N3O4/c1-2-26-16-10-15(19(16)8-3-4-9-19)21-18(23)12-11-20-13-6-5-7-14(17(12)13)22(24)25/h5-7,11,15-16,20H,2-4,8-10H2,1H3,(H,21,23)/t15-,16-/m0/s1. The van der Waals surface area contributed by atoms with Crippen molar-refractivity contribution in [3.05, 3.63) is 40.1 Å². The lowest BCUT2D eigenvalue weighted by Gasteiger charge is -2.54. The molecule has 4 rings (SSSR count). The molecule has 1 spiro atoms. The van der Waals surface area contributed by atoms with E-state index in [0.29, 0.717) is 23.1 Å². The van der Waals surface area contributed by atoms with E-state index in [9.17, 15) is 14.9 Å². The maximum absolute atomic E-state index is 12.9. The minimum absolute atomic E-state index is 0.0315. The molecule has 2 N–H and O–H groups in total. The molecule has 0 saturated heterocycles. The van der Waals surface area contributed by atoms with Gasteiger partial charge in [-0.05, 0) is 32.3 Å². The third-order valence-corrected chi connectivity index (χ3v) is 6.12. The zero-order valence-electron chi connectivity index (χ0n) is 14.8. The van der Waals surface area contributed by atoms with Crippen LogP contribution < -0.4 is 5.32 Å². The molecule has 0 bridgehead atoms. The molecule has 1 aromatic carbocycles. The minimum Gasteiger partial charge on any atom is -0.378 e. The second kappa shape index (κ2) is 6.39. The van der Waals surface area contributed by atoms with E-state index in [1.165, 1.54) is 6.07 Å². The summed E-state index contributed by atoms with van der Waals surface area (Å²) in [4.78, 5) is 26.8. The number of carbonyl (C=O) groups is 1. The van der Waals surface area contributed by atoms with Gasteiger partial charge in [-0.25, -0.2) is 0 Å². The van der Waals surface area contributed by atoms with Crippen molar-refractivity contribution >= 4 is 22.5 Å². The van der Waals surface area contributed by atoms with Gasteiger partial charge in [-0.15, -0.1) is 0 Å². The lowest BCUT2D eigenvalue weighted by Crippen LogP contribution is -2.63. The third-order valence-electron chi connectivity index (χ3n) is 6.12. The zero-order chi connectivity index (χ0) is 18.3. The van der Waals surface area contributed by atoms with Crippen molar-refractivity contribution in [1.29, 1.82) is 0 Å². The third kappa shape index (κ3) is 2.49. The van der Waals surface area contributed by atoms with Crippen LogP contribution in [0.25, 0.3) is 10.9 Å². The van der Waals surface area contributed by atoms with Gasteiger partial charge in [-0.1, -0.05) is 18.9 Å². The Morgan fingerprint density at radius 1 is 1.42 bits per heavy atom. The summed E-state index contributed by atoms with van der Waals surface area (Å²) in [5, 5.41) is 14.8. The lowest BCUT2D eigenvalue weighted by molar-refractivity contribution is -0.383. The van der Waals surface area contributed by atoms with Gasteiger partial charge >= 0.3 is 0 Å². The van der Waals surface area contributed by atoms with Crippen molar-refractivity contribution in [2.75, 3.05) is 6.61 Å². The molecule has 0 unspecified atom stereocenters. The normalized spacial score (nSPS) is 23.9. The number of nitrogens with zero attached hydrogens (tertiary/aromatic N) is 1. The SMILES string of the molecule is CCO[C@H]1C[C@H](NC(=O)c2c[nH]c3cccc([N+](=O)[O-])c23)C12CCCC2. The maximum atomic E-state index is 12.9. The van der Waals surface area contributed by atoms with Crippen LogP contribution >= 0.6 is 0 Å². The van der Waals surface area contributed by atoms with Crippen LogP contribution in [0.4, 0.5) is 5.69 Å². The van der Waals surface area contributed by atoms with Crippen LogP contribution in [-0.2, 0) is 4.74 Å². The number of rotatable bonds is 5. The molecule has 0 aliphatic heterocycles. The van der Waals surface area contributed by atoms with Crippen molar-refractivity contribution in [3.63, 3.8) is 0 Å². The van der Waals surface area contributed by atoms with Crippen molar-refractivity contribution in [2.24, 2.45) is 5.41 Å². The number of aromatic amines is 1. The van der Waals surface area contributed by atoms with Gasteiger partial charge in [0.2, 0.25) is 0 Å². The summed E-state index contributed by atoms with van der Waals surface area (Å²) in [6.07, 6.45) is 7.03. The summed E-state index contributed by atoms with van der Waals surface area (Å²) in [7, 11) is 0. The van der Waals surface area contributed by atoms with E-state index in [-0.39, 0.29) is 29.2 Å². The molecule has 2 aromatic rings. The van der Waals surface area contributed by atoms with Crippen LogP contribution in [0.3, 0.4) is 0 Å². The number of nitro groups is 1. The molecule has 0 radical (unpaired) electrons. The first-order valence-electron chi connectivity index (χ1n) is 9.24. The zero-order valence-corrected chi connectivity index (χ0v) is 14.8. The molecule has 7 nitrogen and oxygen atoms in total. The summed E-state index contributed by atoms with van der Waals surface area (Å²) in [6.45, 7) is 2.68. The molecule has 26 heavy (non-hydrogen) atoms. The molecule has 138 valence electrons. The molecule has 2 fully saturated rings. The number of hydrogen-bond donors (Lipinski definition) is 2. The van der Waals surface area contributed by atoms with Gasteiger partial charge < -0.3 is 15.0 Å². The van der Waals surface area contributed by atoms with Crippen LogP contribution in [0, 0.1) is 15.5 Å². The smallest absolute Gasteiger partial charge is 0.279 e. The quantitative estimate of drug-likeness (QED) is 0.632. The molecule has 2 saturated carbocycles. The first-order valence-corrected chi connectivity index (χ1v) is 9.24. The van der Waals surface area contributed by atoms with Crippen molar-refractivity contribution < 1.29 is 14.5 Å². The highest BCUT2D eigenvalue weighted by molar-refractivity contribution is 6.10. The van der Waals surface area contributed by atoms with Crippen LogP contribution in [0.2, 0.25) is 0 Å². The Balaban J connectivity index is 1.60. The fraction of sp³-hybridized carbons (Fsp3) is 0.526. The van der Waals surface area contributed by atoms with Crippen LogP contribution in [0.5, 0.6) is 0 Å². The van der Waals surface area contributed by atoms with E-state index in [1.807, 2.05) is 6.92 Å². The number of amides is 1. The second-order valence-electron chi connectivity index (χ2n) is 7.31. The topological polar surface area (TPSA) is 97.3 Å². The van der Waals surface area contributed by atoms with Gasteiger partial charge in [0.15, 0.2) is 0 Å². The predicted molar refractivity (Wildman–Crippen MR) is 97.1 cm³/mol. The fourth-order valence-corrected chi connectivity index (χ4v) is 4.82. The number of fused-ring (bicyclic) bond motifs is 1. The Kier molecular flexibility index (Phi) is 4.19. The number of benzene rings is 1. The molecule has 1 amide bonds. The van der Waals surface area contributed by atoms with E-state index in [4.69, 9.17) is 4.74 Å². The largest absolute Gasteiger partial charge is 0.378 e. The first-order chi connectivity index (χ1) is 12.6. The van der Waals surface area contributed by atoms with Crippen molar-refractivity contribution in [3.8, 4) is 0 Å². The molecule has 7 heteroatoms. The average molecular weight is 357 g/mol. The van der Waals surface area contributed by atoms with Crippen LogP contribution in [0.15, 0.2) is 24.4 Å². The van der Waals surface area contributed by atoms with Gasteiger partial charge in [-0.2, -0.15) is 0 Å². The molecule has 1 heterocycles. The van der Waals surface area contributed by atoms with E-state index >= 15 is 0 Å². The number of aromatic nitrogens is 1. The van der Waals surface area contributed by atoms with Gasteiger partial charge in [-0.3, -0.25) is 14.9 Å². The highest BCUT2D eigenvalue weighted by atomic mass is 16.6. The number of H-pyrrole nitrogens is 1. The maximum Gasteiger partial charge on any atom is 0.279 e.